The Bertz CT molecular complexity index is 1160. The lowest BCUT2D eigenvalue weighted by Crippen LogP contribution is -2.42. The van der Waals surface area contributed by atoms with Gasteiger partial charge in [-0.2, -0.15) is 0 Å². The molecule has 0 radical (unpaired) electrons. The summed E-state index contributed by atoms with van der Waals surface area (Å²) in [6, 6.07) is 11.0. The highest BCUT2D eigenvalue weighted by atomic mass is 19.1. The summed E-state index contributed by atoms with van der Waals surface area (Å²) < 4.78 is 39.2. The van der Waals surface area contributed by atoms with Crippen molar-refractivity contribution in [2.45, 2.75) is 43.9 Å². The van der Waals surface area contributed by atoms with Crippen molar-refractivity contribution in [2.24, 2.45) is 0 Å². The minimum atomic E-state index is -1.06. The Hall–Kier alpha value is -2.81. The second-order valence-electron chi connectivity index (χ2n) is 9.22. The summed E-state index contributed by atoms with van der Waals surface area (Å²) in [6.45, 7) is 2.36. The number of hydrogen-bond donors (Lipinski definition) is 2. The molecule has 6 nitrogen and oxygen atoms in total. The molecule has 1 amide bonds. The number of carbonyl (C=O) groups is 1. The van der Waals surface area contributed by atoms with Gasteiger partial charge in [-0.15, -0.1) is 0 Å². The van der Waals surface area contributed by atoms with E-state index in [1.807, 2.05) is 17.0 Å². The van der Waals surface area contributed by atoms with Gasteiger partial charge in [0.05, 0.1) is 11.7 Å². The zero-order valence-corrected chi connectivity index (χ0v) is 18.9. The second-order valence-corrected chi connectivity index (χ2v) is 9.22. The van der Waals surface area contributed by atoms with E-state index in [4.69, 9.17) is 9.15 Å². The number of piperidine rings is 1. The number of likely N-dealkylation sites (tertiary alicyclic amines) is 1. The molecule has 2 N–H and O–H groups in total. The highest BCUT2D eigenvalue weighted by molar-refractivity contribution is 5.96. The van der Waals surface area contributed by atoms with Crippen LogP contribution in [0.4, 0.5) is 8.78 Å². The summed E-state index contributed by atoms with van der Waals surface area (Å²) >= 11 is 0. The maximum Gasteiger partial charge on any atom is 0.287 e. The molecule has 0 aliphatic carbocycles. The standard InChI is InChI=1S/C26H28F2N2O4/c27-21-4-1-5-22(28)20(21)16-30-10-8-26(32,9-11-30)18-6-7-23-17(13-18)14-24(34-23)25(31)29-15-19-3-2-12-33-19/h1,4-7,13-14,19,32H,2-3,8-12,15-16H2,(H,29,31). The summed E-state index contributed by atoms with van der Waals surface area (Å²) in [7, 11) is 0. The van der Waals surface area contributed by atoms with Crippen molar-refractivity contribution in [3.63, 3.8) is 0 Å². The van der Waals surface area contributed by atoms with Gasteiger partial charge in [0.25, 0.3) is 5.91 Å². The minimum Gasteiger partial charge on any atom is -0.451 e. The first-order valence-corrected chi connectivity index (χ1v) is 11.7. The van der Waals surface area contributed by atoms with E-state index >= 15 is 0 Å². The van der Waals surface area contributed by atoms with Crippen molar-refractivity contribution < 1.29 is 27.8 Å². The third-order valence-electron chi connectivity index (χ3n) is 6.92. The van der Waals surface area contributed by atoms with Crippen molar-refractivity contribution in [3.05, 3.63) is 71.0 Å². The molecule has 0 bridgehead atoms. The van der Waals surface area contributed by atoms with E-state index in [2.05, 4.69) is 5.32 Å². The molecule has 2 aliphatic heterocycles. The largest absolute Gasteiger partial charge is 0.451 e. The molecule has 2 aromatic carbocycles. The number of aliphatic hydroxyl groups is 1. The number of nitrogens with zero attached hydrogens (tertiary/aromatic N) is 1. The lowest BCUT2D eigenvalue weighted by molar-refractivity contribution is -0.0280. The fourth-order valence-electron chi connectivity index (χ4n) is 4.82. The number of fused-ring (bicyclic) bond motifs is 1. The van der Waals surface area contributed by atoms with Crippen LogP contribution < -0.4 is 5.32 Å². The topological polar surface area (TPSA) is 74.9 Å². The lowest BCUT2D eigenvalue weighted by Gasteiger charge is -2.38. The molecule has 34 heavy (non-hydrogen) atoms. The van der Waals surface area contributed by atoms with Crippen LogP contribution in [0, 0.1) is 11.6 Å². The first-order chi connectivity index (χ1) is 16.4. The third-order valence-corrected chi connectivity index (χ3v) is 6.92. The SMILES string of the molecule is O=C(NCC1CCCO1)c1cc2cc(C3(O)CCN(Cc4c(F)cccc4F)CC3)ccc2o1. The number of ether oxygens (including phenoxy) is 1. The molecule has 0 spiro atoms. The van der Waals surface area contributed by atoms with Gasteiger partial charge in [-0.25, -0.2) is 8.78 Å². The quantitative estimate of drug-likeness (QED) is 0.567. The number of rotatable bonds is 6. The Labute approximate surface area is 196 Å². The second kappa shape index (κ2) is 9.44. The highest BCUT2D eigenvalue weighted by Crippen LogP contribution is 2.35. The van der Waals surface area contributed by atoms with Gasteiger partial charge in [0, 0.05) is 43.7 Å². The molecule has 0 saturated carbocycles. The summed E-state index contributed by atoms with van der Waals surface area (Å²) in [4.78, 5) is 14.4. The normalized spacial score (nSPS) is 20.6. The first kappa shape index (κ1) is 23.0. The van der Waals surface area contributed by atoms with Crippen LogP contribution in [0.15, 0.2) is 46.9 Å². The Morgan fingerprint density at radius 3 is 2.62 bits per heavy atom. The van der Waals surface area contributed by atoms with E-state index in [0.29, 0.717) is 38.1 Å². The molecule has 1 atom stereocenters. The van der Waals surface area contributed by atoms with Gasteiger partial charge in [-0.3, -0.25) is 9.69 Å². The molecule has 1 unspecified atom stereocenters. The predicted octanol–water partition coefficient (Wildman–Crippen LogP) is 4.10. The van der Waals surface area contributed by atoms with Gasteiger partial charge in [0.2, 0.25) is 0 Å². The zero-order chi connectivity index (χ0) is 23.7. The number of halogens is 2. The van der Waals surface area contributed by atoms with Crippen molar-refractivity contribution in [3.8, 4) is 0 Å². The van der Waals surface area contributed by atoms with E-state index < -0.39 is 17.2 Å². The Morgan fingerprint density at radius 2 is 1.91 bits per heavy atom. The number of benzene rings is 2. The number of furan rings is 1. The minimum absolute atomic E-state index is 0.0509. The smallest absolute Gasteiger partial charge is 0.287 e. The van der Waals surface area contributed by atoms with Gasteiger partial charge < -0.3 is 19.6 Å². The number of amides is 1. The van der Waals surface area contributed by atoms with Crippen LogP contribution in [-0.2, 0) is 16.9 Å². The lowest BCUT2D eigenvalue weighted by atomic mass is 9.84. The van der Waals surface area contributed by atoms with E-state index in [1.165, 1.54) is 18.2 Å². The highest BCUT2D eigenvalue weighted by Gasteiger charge is 2.34. The summed E-state index contributed by atoms with van der Waals surface area (Å²) in [5.74, 6) is -1.18. The number of hydrogen-bond acceptors (Lipinski definition) is 5. The molecular formula is C26H28F2N2O4. The number of carbonyl (C=O) groups excluding carboxylic acids is 1. The summed E-state index contributed by atoms with van der Waals surface area (Å²) in [6.07, 6.45) is 2.86. The molecule has 2 aliphatic rings. The molecule has 3 aromatic rings. The van der Waals surface area contributed by atoms with E-state index in [9.17, 15) is 18.7 Å². The van der Waals surface area contributed by atoms with Gasteiger partial charge in [-0.05, 0) is 61.6 Å². The molecule has 5 rings (SSSR count). The van der Waals surface area contributed by atoms with Crippen LogP contribution in [-0.4, -0.2) is 48.3 Å². The first-order valence-electron chi connectivity index (χ1n) is 11.7. The van der Waals surface area contributed by atoms with Crippen molar-refractivity contribution in [1.82, 2.24) is 10.2 Å². The van der Waals surface area contributed by atoms with Crippen LogP contribution in [0.3, 0.4) is 0 Å². The Balaban J connectivity index is 1.24. The molecule has 8 heteroatoms. The zero-order valence-electron chi connectivity index (χ0n) is 18.9. The molecule has 180 valence electrons. The van der Waals surface area contributed by atoms with Gasteiger partial charge in [0.15, 0.2) is 5.76 Å². The average molecular weight is 471 g/mol. The monoisotopic (exact) mass is 470 g/mol. The molecule has 1 aromatic heterocycles. The Kier molecular flexibility index (Phi) is 6.38. The van der Waals surface area contributed by atoms with Crippen molar-refractivity contribution in [1.29, 1.82) is 0 Å². The van der Waals surface area contributed by atoms with Crippen molar-refractivity contribution >= 4 is 16.9 Å². The average Bonchev–Trinajstić information content (AvgIpc) is 3.51. The van der Waals surface area contributed by atoms with Gasteiger partial charge in [0.1, 0.15) is 17.2 Å². The van der Waals surface area contributed by atoms with Crippen LogP contribution in [0.25, 0.3) is 11.0 Å². The van der Waals surface area contributed by atoms with Crippen molar-refractivity contribution in [2.75, 3.05) is 26.2 Å². The molecular weight excluding hydrogens is 442 g/mol. The predicted molar refractivity (Wildman–Crippen MR) is 122 cm³/mol. The summed E-state index contributed by atoms with van der Waals surface area (Å²) in [5, 5.41) is 14.9. The van der Waals surface area contributed by atoms with Crippen LogP contribution >= 0.6 is 0 Å². The fraction of sp³-hybridized carbons (Fsp3) is 0.423. The van der Waals surface area contributed by atoms with E-state index in [-0.39, 0.29) is 29.9 Å². The van der Waals surface area contributed by atoms with E-state index in [0.717, 1.165) is 30.4 Å². The Morgan fingerprint density at radius 1 is 1.15 bits per heavy atom. The fourth-order valence-corrected chi connectivity index (χ4v) is 4.82. The molecule has 3 heterocycles. The van der Waals surface area contributed by atoms with E-state index in [1.54, 1.807) is 12.1 Å². The molecule has 2 saturated heterocycles. The number of nitrogens with one attached hydrogen (secondary N) is 1. The van der Waals surface area contributed by atoms with Gasteiger partial charge >= 0.3 is 0 Å². The van der Waals surface area contributed by atoms with Crippen LogP contribution in [0.5, 0.6) is 0 Å². The molecule has 2 fully saturated rings. The maximum atomic E-state index is 14.0. The summed E-state index contributed by atoms with van der Waals surface area (Å²) in [5.41, 5.74) is 0.307. The van der Waals surface area contributed by atoms with Gasteiger partial charge in [-0.1, -0.05) is 12.1 Å². The van der Waals surface area contributed by atoms with Crippen LogP contribution in [0.1, 0.15) is 47.4 Å². The van der Waals surface area contributed by atoms with Crippen LogP contribution in [0.2, 0.25) is 0 Å². The third kappa shape index (κ3) is 4.71. The maximum absolute atomic E-state index is 14.0.